The fraction of sp³-hybridized carbons (Fsp3) is 0.267. The zero-order valence-corrected chi connectivity index (χ0v) is 10.4. The van der Waals surface area contributed by atoms with Crippen molar-refractivity contribution in [2.45, 2.75) is 26.9 Å². The van der Waals surface area contributed by atoms with Crippen LogP contribution in [0.3, 0.4) is 0 Å². The van der Waals surface area contributed by atoms with Gasteiger partial charge in [-0.05, 0) is 43.0 Å². The Morgan fingerprint density at radius 1 is 0.941 bits per heavy atom. The predicted molar refractivity (Wildman–Crippen MR) is 69.0 cm³/mol. The Hall–Kier alpha value is -1.67. The highest BCUT2D eigenvalue weighted by molar-refractivity contribution is 5.35. The number of rotatable bonds is 2. The van der Waals surface area contributed by atoms with E-state index in [1.807, 2.05) is 31.2 Å². The number of aliphatic hydroxyl groups is 1. The molecule has 2 rings (SSSR count). The number of hydrogen-bond acceptors (Lipinski definition) is 2. The lowest BCUT2D eigenvalue weighted by Gasteiger charge is -2.13. The summed E-state index contributed by atoms with van der Waals surface area (Å²) in [5.41, 5.74) is 5.25. The first-order valence-electron chi connectivity index (χ1n) is 5.74. The molecule has 0 amide bonds. The summed E-state index contributed by atoms with van der Waals surface area (Å²) in [6, 6.07) is 8.00. The van der Waals surface area contributed by atoms with Crippen molar-refractivity contribution < 1.29 is 5.11 Å². The summed E-state index contributed by atoms with van der Waals surface area (Å²) in [5, 5.41) is 10.3. The molecule has 0 aliphatic rings. The molecule has 0 saturated carbocycles. The summed E-state index contributed by atoms with van der Waals surface area (Å²) in [4.78, 5) is 4.11. The average molecular weight is 227 g/mol. The molecular formula is C15H17NO. The topological polar surface area (TPSA) is 33.1 Å². The number of hydrogen-bond donors (Lipinski definition) is 1. The van der Waals surface area contributed by atoms with Crippen LogP contribution >= 0.6 is 0 Å². The molecule has 2 aromatic rings. The van der Waals surface area contributed by atoms with Crippen molar-refractivity contribution in [2.75, 3.05) is 0 Å². The Morgan fingerprint density at radius 2 is 1.71 bits per heavy atom. The third-order valence-electron chi connectivity index (χ3n) is 3.06. The van der Waals surface area contributed by atoms with Crippen LogP contribution in [0.25, 0.3) is 0 Å². The van der Waals surface area contributed by atoms with Gasteiger partial charge in [-0.3, -0.25) is 4.98 Å². The van der Waals surface area contributed by atoms with Crippen molar-refractivity contribution in [3.8, 4) is 0 Å². The molecule has 1 aromatic heterocycles. The number of benzene rings is 1. The van der Waals surface area contributed by atoms with Crippen molar-refractivity contribution in [3.05, 3.63) is 64.5 Å². The molecule has 88 valence electrons. The van der Waals surface area contributed by atoms with Gasteiger partial charge in [-0.1, -0.05) is 24.3 Å². The van der Waals surface area contributed by atoms with E-state index in [4.69, 9.17) is 0 Å². The molecule has 2 nitrogen and oxygen atoms in total. The van der Waals surface area contributed by atoms with Crippen molar-refractivity contribution in [1.29, 1.82) is 0 Å². The first kappa shape index (κ1) is 11.8. The van der Waals surface area contributed by atoms with E-state index in [1.165, 1.54) is 11.1 Å². The average Bonchev–Trinajstić information content (AvgIpc) is 2.32. The number of aromatic nitrogens is 1. The van der Waals surface area contributed by atoms with Crippen LogP contribution in [-0.2, 0) is 0 Å². The summed E-state index contributed by atoms with van der Waals surface area (Å²) in [5.74, 6) is 0. The molecule has 0 bridgehead atoms. The fourth-order valence-corrected chi connectivity index (χ4v) is 1.86. The maximum absolute atomic E-state index is 10.3. The molecule has 1 heterocycles. The second-order valence-corrected chi connectivity index (χ2v) is 4.54. The van der Waals surface area contributed by atoms with Gasteiger partial charge < -0.3 is 5.11 Å². The van der Waals surface area contributed by atoms with Crippen molar-refractivity contribution in [2.24, 2.45) is 0 Å². The highest BCUT2D eigenvalue weighted by Crippen LogP contribution is 2.23. The van der Waals surface area contributed by atoms with Gasteiger partial charge in [-0.2, -0.15) is 0 Å². The van der Waals surface area contributed by atoms with Crippen LogP contribution in [0.1, 0.15) is 33.9 Å². The minimum atomic E-state index is -0.596. The Bertz CT molecular complexity index is 534. The molecule has 0 spiro atoms. The van der Waals surface area contributed by atoms with Crippen molar-refractivity contribution in [1.82, 2.24) is 4.98 Å². The molecule has 0 radical (unpaired) electrons. The van der Waals surface area contributed by atoms with E-state index >= 15 is 0 Å². The number of nitrogens with zero attached hydrogens (tertiary/aromatic N) is 1. The Labute approximate surface area is 102 Å². The van der Waals surface area contributed by atoms with Crippen LogP contribution in [0.2, 0.25) is 0 Å². The first-order chi connectivity index (χ1) is 8.08. The quantitative estimate of drug-likeness (QED) is 0.855. The van der Waals surface area contributed by atoms with Crippen LogP contribution in [0.15, 0.2) is 36.7 Å². The van der Waals surface area contributed by atoms with E-state index in [1.54, 1.807) is 12.4 Å². The van der Waals surface area contributed by atoms with E-state index in [-0.39, 0.29) is 0 Å². The summed E-state index contributed by atoms with van der Waals surface area (Å²) in [6.45, 7) is 6.10. The van der Waals surface area contributed by atoms with Gasteiger partial charge in [0.05, 0.1) is 0 Å². The van der Waals surface area contributed by atoms with E-state index in [9.17, 15) is 5.11 Å². The molecule has 0 aliphatic heterocycles. The SMILES string of the molecule is Cc1cncc(C(O)c2ccc(C)c(C)c2)c1. The molecule has 1 aromatic carbocycles. The summed E-state index contributed by atoms with van der Waals surface area (Å²) in [6.07, 6.45) is 2.91. The number of pyridine rings is 1. The largest absolute Gasteiger partial charge is 0.384 e. The summed E-state index contributed by atoms with van der Waals surface area (Å²) < 4.78 is 0. The lowest BCUT2D eigenvalue weighted by atomic mass is 9.98. The second kappa shape index (κ2) is 4.68. The first-order valence-corrected chi connectivity index (χ1v) is 5.74. The third kappa shape index (κ3) is 2.53. The number of aryl methyl sites for hydroxylation is 3. The van der Waals surface area contributed by atoms with Crippen LogP contribution in [0, 0.1) is 20.8 Å². The lowest BCUT2D eigenvalue weighted by Crippen LogP contribution is -2.01. The molecule has 1 atom stereocenters. The predicted octanol–water partition coefficient (Wildman–Crippen LogP) is 3.09. The van der Waals surface area contributed by atoms with Crippen LogP contribution in [-0.4, -0.2) is 10.1 Å². The molecule has 0 saturated heterocycles. The Kier molecular flexibility index (Phi) is 3.25. The molecule has 17 heavy (non-hydrogen) atoms. The number of aliphatic hydroxyl groups excluding tert-OH is 1. The minimum absolute atomic E-state index is 0.596. The highest BCUT2D eigenvalue weighted by atomic mass is 16.3. The van der Waals surface area contributed by atoms with E-state index < -0.39 is 6.10 Å². The van der Waals surface area contributed by atoms with Gasteiger partial charge in [0.25, 0.3) is 0 Å². The Balaban J connectivity index is 2.36. The molecule has 0 aliphatic carbocycles. The zero-order chi connectivity index (χ0) is 12.4. The van der Waals surface area contributed by atoms with E-state index in [0.717, 1.165) is 16.7 Å². The molecule has 0 fully saturated rings. The molecular weight excluding hydrogens is 210 g/mol. The molecule has 1 N–H and O–H groups in total. The monoisotopic (exact) mass is 227 g/mol. The van der Waals surface area contributed by atoms with Crippen LogP contribution < -0.4 is 0 Å². The smallest absolute Gasteiger partial charge is 0.106 e. The standard InChI is InChI=1S/C15H17NO/c1-10-6-14(9-16-8-10)15(17)13-5-4-11(2)12(3)7-13/h4-9,15,17H,1-3H3. The molecule has 2 heteroatoms. The zero-order valence-electron chi connectivity index (χ0n) is 10.4. The van der Waals surface area contributed by atoms with Crippen molar-refractivity contribution in [3.63, 3.8) is 0 Å². The van der Waals surface area contributed by atoms with E-state index in [2.05, 4.69) is 18.8 Å². The fourth-order valence-electron chi connectivity index (χ4n) is 1.86. The van der Waals surface area contributed by atoms with Gasteiger partial charge in [0.15, 0.2) is 0 Å². The van der Waals surface area contributed by atoms with E-state index in [0.29, 0.717) is 0 Å². The normalized spacial score (nSPS) is 12.5. The Morgan fingerprint density at radius 3 is 2.35 bits per heavy atom. The van der Waals surface area contributed by atoms with Gasteiger partial charge in [0, 0.05) is 18.0 Å². The maximum atomic E-state index is 10.3. The van der Waals surface area contributed by atoms with Gasteiger partial charge in [0.1, 0.15) is 6.10 Å². The summed E-state index contributed by atoms with van der Waals surface area (Å²) >= 11 is 0. The van der Waals surface area contributed by atoms with Crippen molar-refractivity contribution >= 4 is 0 Å². The lowest BCUT2D eigenvalue weighted by molar-refractivity contribution is 0.219. The van der Waals surface area contributed by atoms with Crippen LogP contribution in [0.5, 0.6) is 0 Å². The van der Waals surface area contributed by atoms with Gasteiger partial charge in [-0.15, -0.1) is 0 Å². The summed E-state index contributed by atoms with van der Waals surface area (Å²) in [7, 11) is 0. The van der Waals surface area contributed by atoms with Gasteiger partial charge in [-0.25, -0.2) is 0 Å². The maximum Gasteiger partial charge on any atom is 0.106 e. The van der Waals surface area contributed by atoms with Gasteiger partial charge >= 0.3 is 0 Å². The van der Waals surface area contributed by atoms with Crippen LogP contribution in [0.4, 0.5) is 0 Å². The highest BCUT2D eigenvalue weighted by Gasteiger charge is 2.11. The minimum Gasteiger partial charge on any atom is -0.384 e. The second-order valence-electron chi connectivity index (χ2n) is 4.54. The molecule has 1 unspecified atom stereocenters. The third-order valence-corrected chi connectivity index (χ3v) is 3.06. The van der Waals surface area contributed by atoms with Gasteiger partial charge in [0.2, 0.25) is 0 Å².